The Hall–Kier alpha value is -1.55. The van der Waals surface area contributed by atoms with Gasteiger partial charge < -0.3 is 10.2 Å². The van der Waals surface area contributed by atoms with Crippen LogP contribution in [0.25, 0.3) is 0 Å². The van der Waals surface area contributed by atoms with E-state index in [2.05, 4.69) is 5.32 Å². The van der Waals surface area contributed by atoms with Crippen LogP contribution in [0, 0.1) is 5.41 Å². The fourth-order valence-electron chi connectivity index (χ4n) is 3.93. The normalized spacial score (nSPS) is 21.2. The van der Waals surface area contributed by atoms with Crippen LogP contribution in [-0.4, -0.2) is 36.7 Å². The summed E-state index contributed by atoms with van der Waals surface area (Å²) >= 11 is 6.09. The summed E-state index contributed by atoms with van der Waals surface area (Å²) in [5.41, 5.74) is 1.95. The summed E-state index contributed by atoms with van der Waals surface area (Å²) in [5, 5.41) is 4.05. The Bertz CT molecular complexity index is 572. The molecule has 1 aromatic rings. The number of likely N-dealkylation sites (tertiary alicyclic amines) is 1. The van der Waals surface area contributed by atoms with Crippen LogP contribution in [-0.2, 0) is 4.79 Å². The molecule has 1 N–H and O–H groups in total. The molecule has 0 unspecified atom stereocenters. The Labute approximate surface area is 142 Å². The lowest BCUT2D eigenvalue weighted by molar-refractivity contribution is -0.120. The zero-order chi connectivity index (χ0) is 16.3. The van der Waals surface area contributed by atoms with E-state index in [-0.39, 0.29) is 0 Å². The minimum Gasteiger partial charge on any atom is -0.382 e. The summed E-state index contributed by atoms with van der Waals surface area (Å²) in [6.45, 7) is 1.81. The second-order valence-corrected chi connectivity index (χ2v) is 7.32. The van der Waals surface area contributed by atoms with Gasteiger partial charge in [-0.05, 0) is 62.1 Å². The molecule has 5 heteroatoms. The van der Waals surface area contributed by atoms with Crippen molar-refractivity contribution in [1.82, 2.24) is 4.90 Å². The number of halogens is 1. The van der Waals surface area contributed by atoms with E-state index in [4.69, 9.17) is 11.6 Å². The first kappa shape index (κ1) is 16.3. The summed E-state index contributed by atoms with van der Waals surface area (Å²) in [5.74, 6) is 0. The number of nitrogens with zero attached hydrogens (tertiary/aromatic N) is 1. The van der Waals surface area contributed by atoms with Gasteiger partial charge in [0.25, 0.3) is 0 Å². The lowest BCUT2D eigenvalue weighted by Crippen LogP contribution is -2.42. The number of aldehydes is 1. The molecule has 0 radical (unpaired) electrons. The van der Waals surface area contributed by atoms with Crippen LogP contribution in [0.5, 0.6) is 0 Å². The number of amides is 1. The van der Waals surface area contributed by atoms with E-state index in [1.165, 1.54) is 12.8 Å². The SMILES string of the molecule is O=Cc1ccc(NC2CCC3(CC2)CCN(C=O)CC3)cc1Cl. The molecule has 0 atom stereocenters. The van der Waals surface area contributed by atoms with Crippen molar-refractivity contribution in [3.63, 3.8) is 0 Å². The number of hydrogen-bond acceptors (Lipinski definition) is 3. The highest BCUT2D eigenvalue weighted by Crippen LogP contribution is 2.44. The van der Waals surface area contributed by atoms with Gasteiger partial charge in [-0.25, -0.2) is 0 Å². The quantitative estimate of drug-likeness (QED) is 0.853. The van der Waals surface area contributed by atoms with Gasteiger partial charge in [0.05, 0.1) is 5.02 Å². The number of nitrogens with one attached hydrogen (secondary N) is 1. The number of anilines is 1. The summed E-state index contributed by atoms with van der Waals surface area (Å²) in [6, 6.07) is 5.97. The average Bonchev–Trinajstić information content (AvgIpc) is 2.58. The first-order valence-electron chi connectivity index (χ1n) is 8.35. The van der Waals surface area contributed by atoms with Gasteiger partial charge in [-0.2, -0.15) is 0 Å². The highest BCUT2D eigenvalue weighted by molar-refractivity contribution is 6.33. The third-order valence-corrected chi connectivity index (χ3v) is 5.88. The van der Waals surface area contributed by atoms with Crippen molar-refractivity contribution >= 4 is 30.0 Å². The van der Waals surface area contributed by atoms with Crippen LogP contribution in [0.15, 0.2) is 18.2 Å². The molecular formula is C18H23ClN2O2. The number of rotatable bonds is 4. The Morgan fingerprint density at radius 1 is 1.13 bits per heavy atom. The third-order valence-electron chi connectivity index (χ3n) is 5.55. The summed E-state index contributed by atoms with van der Waals surface area (Å²) in [7, 11) is 0. The number of carbonyl (C=O) groups is 2. The number of carbonyl (C=O) groups excluding carboxylic acids is 2. The van der Waals surface area contributed by atoms with E-state index in [9.17, 15) is 9.59 Å². The maximum atomic E-state index is 10.8. The molecule has 1 aromatic carbocycles. The van der Waals surface area contributed by atoms with E-state index < -0.39 is 0 Å². The van der Waals surface area contributed by atoms with Gasteiger partial charge >= 0.3 is 0 Å². The molecule has 1 aliphatic heterocycles. The monoisotopic (exact) mass is 334 g/mol. The molecule has 23 heavy (non-hydrogen) atoms. The molecule has 1 amide bonds. The fraction of sp³-hybridized carbons (Fsp3) is 0.556. The molecule has 1 saturated carbocycles. The molecule has 3 rings (SSSR count). The van der Waals surface area contributed by atoms with Gasteiger partial charge in [0.15, 0.2) is 6.29 Å². The van der Waals surface area contributed by atoms with Gasteiger partial charge in [-0.1, -0.05) is 11.6 Å². The minimum absolute atomic E-state index is 0.441. The lowest BCUT2D eigenvalue weighted by Gasteiger charge is -2.45. The second kappa shape index (κ2) is 6.91. The zero-order valence-corrected chi connectivity index (χ0v) is 14.0. The molecule has 1 saturated heterocycles. The van der Waals surface area contributed by atoms with Crippen molar-refractivity contribution in [1.29, 1.82) is 0 Å². The summed E-state index contributed by atoms with van der Waals surface area (Å²) < 4.78 is 0. The van der Waals surface area contributed by atoms with Gasteiger partial charge in [-0.3, -0.25) is 9.59 Å². The maximum Gasteiger partial charge on any atom is 0.209 e. The molecule has 2 aliphatic rings. The van der Waals surface area contributed by atoms with Crippen molar-refractivity contribution in [2.24, 2.45) is 5.41 Å². The fourth-order valence-corrected chi connectivity index (χ4v) is 4.15. The predicted molar refractivity (Wildman–Crippen MR) is 92.0 cm³/mol. The topological polar surface area (TPSA) is 49.4 Å². The van der Waals surface area contributed by atoms with Crippen LogP contribution >= 0.6 is 11.6 Å². The Balaban J connectivity index is 1.54. The highest BCUT2D eigenvalue weighted by atomic mass is 35.5. The van der Waals surface area contributed by atoms with Crippen molar-refractivity contribution in [3.8, 4) is 0 Å². The smallest absolute Gasteiger partial charge is 0.209 e. The van der Waals surface area contributed by atoms with Crippen LogP contribution in [0.3, 0.4) is 0 Å². The average molecular weight is 335 g/mol. The molecule has 4 nitrogen and oxygen atoms in total. The van der Waals surface area contributed by atoms with Crippen LogP contribution in [0.1, 0.15) is 48.9 Å². The number of piperidine rings is 1. The van der Waals surface area contributed by atoms with Gasteiger partial charge in [0.2, 0.25) is 6.41 Å². The molecule has 1 spiro atoms. The summed E-state index contributed by atoms with van der Waals surface area (Å²) in [4.78, 5) is 23.6. The van der Waals surface area contributed by atoms with E-state index >= 15 is 0 Å². The van der Waals surface area contributed by atoms with Crippen LogP contribution in [0.4, 0.5) is 5.69 Å². The van der Waals surface area contributed by atoms with Crippen molar-refractivity contribution in [2.75, 3.05) is 18.4 Å². The van der Waals surface area contributed by atoms with Crippen molar-refractivity contribution in [2.45, 2.75) is 44.6 Å². The van der Waals surface area contributed by atoms with Crippen molar-refractivity contribution in [3.05, 3.63) is 28.8 Å². The van der Waals surface area contributed by atoms with E-state index in [0.717, 1.165) is 57.2 Å². The first-order chi connectivity index (χ1) is 11.1. The molecule has 1 aliphatic carbocycles. The van der Waals surface area contributed by atoms with Crippen LogP contribution < -0.4 is 5.32 Å². The molecule has 1 heterocycles. The van der Waals surface area contributed by atoms with Crippen LogP contribution in [0.2, 0.25) is 5.02 Å². The minimum atomic E-state index is 0.441. The van der Waals surface area contributed by atoms with Crippen molar-refractivity contribution < 1.29 is 9.59 Å². The molecule has 2 fully saturated rings. The number of benzene rings is 1. The van der Waals surface area contributed by atoms with E-state index in [1.807, 2.05) is 17.0 Å². The molecule has 0 aromatic heterocycles. The Morgan fingerprint density at radius 2 is 1.83 bits per heavy atom. The largest absolute Gasteiger partial charge is 0.382 e. The summed E-state index contributed by atoms with van der Waals surface area (Å²) in [6.07, 6.45) is 8.77. The molecular weight excluding hydrogens is 312 g/mol. The Morgan fingerprint density at radius 3 is 2.39 bits per heavy atom. The first-order valence-corrected chi connectivity index (χ1v) is 8.73. The van der Waals surface area contributed by atoms with E-state index in [0.29, 0.717) is 22.0 Å². The third kappa shape index (κ3) is 3.69. The Kier molecular flexibility index (Phi) is 4.90. The highest BCUT2D eigenvalue weighted by Gasteiger charge is 2.37. The molecule has 0 bridgehead atoms. The van der Waals surface area contributed by atoms with E-state index in [1.54, 1.807) is 6.07 Å². The van der Waals surface area contributed by atoms with Gasteiger partial charge in [0, 0.05) is 30.4 Å². The van der Waals surface area contributed by atoms with Gasteiger partial charge in [-0.15, -0.1) is 0 Å². The lowest BCUT2D eigenvalue weighted by atomic mass is 9.67. The van der Waals surface area contributed by atoms with Gasteiger partial charge in [0.1, 0.15) is 0 Å². The number of hydrogen-bond donors (Lipinski definition) is 1. The molecule has 124 valence electrons. The predicted octanol–water partition coefficient (Wildman–Crippen LogP) is 3.75. The zero-order valence-electron chi connectivity index (χ0n) is 13.3. The standard InChI is InChI=1S/C18H23ClN2O2/c19-17-11-16(2-1-14(17)12-22)20-15-3-5-18(6-4-15)7-9-21(13-23)10-8-18/h1-2,11-13,15,20H,3-10H2. The second-order valence-electron chi connectivity index (χ2n) is 6.91. The maximum absolute atomic E-state index is 10.8.